The molecule has 1 aromatic carbocycles. The number of rotatable bonds is 2. The lowest BCUT2D eigenvalue weighted by molar-refractivity contribution is 0.265. The second kappa shape index (κ2) is 3.90. The summed E-state index contributed by atoms with van der Waals surface area (Å²) in [7, 11) is -2.58. The number of amides is 1. The van der Waals surface area contributed by atoms with Gasteiger partial charge < -0.3 is 10.5 Å². The molecule has 0 heterocycles. The van der Waals surface area contributed by atoms with Crippen molar-refractivity contribution in [3.63, 3.8) is 0 Å². The maximum absolute atomic E-state index is 11.4. The largest absolute Gasteiger partial charge is 0.497 e. The molecular weight excluding hydrogens is 218 g/mol. The highest BCUT2D eigenvalue weighted by Crippen LogP contribution is 2.21. The van der Waals surface area contributed by atoms with Gasteiger partial charge in [-0.05, 0) is 30.7 Å². The average molecular weight is 229 g/mol. The van der Waals surface area contributed by atoms with E-state index in [-0.39, 0.29) is 4.90 Å². The zero-order chi connectivity index (χ0) is 11.6. The molecule has 0 aliphatic heterocycles. The van der Waals surface area contributed by atoms with E-state index in [0.29, 0.717) is 11.3 Å². The summed E-state index contributed by atoms with van der Waals surface area (Å²) in [5.41, 5.74) is 5.21. The molecule has 15 heavy (non-hydrogen) atoms. The number of ether oxygens (including phenoxy) is 1. The third kappa shape index (κ3) is 2.10. The summed E-state index contributed by atoms with van der Waals surface area (Å²) in [5.74, 6) is 0.524. The van der Waals surface area contributed by atoms with E-state index in [1.807, 2.05) is 0 Å². The van der Waals surface area contributed by atoms with Crippen LogP contribution in [0.3, 0.4) is 0 Å². The second-order valence-corrected chi connectivity index (χ2v) is 4.80. The Bertz CT molecular complexity index is 493. The first-order valence-corrected chi connectivity index (χ1v) is 5.57. The van der Waals surface area contributed by atoms with Crippen molar-refractivity contribution in [1.29, 1.82) is 0 Å². The van der Waals surface area contributed by atoms with Gasteiger partial charge in [-0.2, -0.15) is 0 Å². The number of hydrogen-bond donors (Lipinski definition) is 1. The third-order valence-electron chi connectivity index (χ3n) is 1.94. The van der Waals surface area contributed by atoms with Crippen LogP contribution in [0.5, 0.6) is 5.75 Å². The Kier molecular flexibility index (Phi) is 2.99. The average Bonchev–Trinajstić information content (AvgIpc) is 2.16. The standard InChI is InChI=1S/C9H11NO4S/c1-6-5-7(14-2)3-4-8(6)15(12,13)9(10)11/h3-5H,1-2H3,(H2,10,11). The van der Waals surface area contributed by atoms with Crippen LogP contribution < -0.4 is 10.5 Å². The molecule has 0 saturated carbocycles. The lowest BCUT2D eigenvalue weighted by Gasteiger charge is -2.06. The maximum atomic E-state index is 11.4. The number of aryl methyl sites for hydroxylation is 1. The predicted molar refractivity (Wildman–Crippen MR) is 54.5 cm³/mol. The fourth-order valence-electron chi connectivity index (χ4n) is 1.16. The highest BCUT2D eigenvalue weighted by atomic mass is 32.2. The van der Waals surface area contributed by atoms with E-state index < -0.39 is 15.1 Å². The number of benzene rings is 1. The number of carbonyl (C=O) groups is 1. The number of hydrogen-bond acceptors (Lipinski definition) is 4. The van der Waals surface area contributed by atoms with Crippen molar-refractivity contribution in [3.05, 3.63) is 23.8 Å². The van der Waals surface area contributed by atoms with Crippen molar-refractivity contribution in [3.8, 4) is 5.75 Å². The fraction of sp³-hybridized carbons (Fsp3) is 0.222. The molecule has 0 spiro atoms. The Balaban J connectivity index is 3.35. The Labute approximate surface area is 87.8 Å². The molecule has 0 unspecified atom stereocenters. The van der Waals surface area contributed by atoms with Crippen LogP contribution >= 0.6 is 0 Å². The van der Waals surface area contributed by atoms with Gasteiger partial charge in [0.2, 0.25) is 0 Å². The van der Waals surface area contributed by atoms with Gasteiger partial charge in [0.15, 0.2) is 0 Å². The van der Waals surface area contributed by atoms with Crippen molar-refractivity contribution in [2.24, 2.45) is 5.73 Å². The molecule has 0 atom stereocenters. The summed E-state index contributed by atoms with van der Waals surface area (Å²) in [6, 6.07) is 4.28. The number of carbonyl (C=O) groups excluding carboxylic acids is 1. The first-order chi connectivity index (χ1) is 6.89. The summed E-state index contributed by atoms with van der Waals surface area (Å²) >= 11 is 0. The van der Waals surface area contributed by atoms with Gasteiger partial charge in [0.05, 0.1) is 12.0 Å². The minimum absolute atomic E-state index is 0.0872. The van der Waals surface area contributed by atoms with E-state index >= 15 is 0 Å². The van der Waals surface area contributed by atoms with Gasteiger partial charge >= 0.3 is 5.24 Å². The van der Waals surface area contributed by atoms with Crippen LogP contribution in [0.4, 0.5) is 4.79 Å². The molecule has 0 fully saturated rings. The van der Waals surface area contributed by atoms with Gasteiger partial charge in [0, 0.05) is 0 Å². The molecule has 1 aromatic rings. The summed E-state index contributed by atoms with van der Waals surface area (Å²) in [4.78, 5) is 10.6. The molecule has 0 aliphatic carbocycles. The van der Waals surface area contributed by atoms with Crippen molar-refractivity contribution in [2.75, 3.05) is 7.11 Å². The van der Waals surface area contributed by atoms with E-state index in [1.165, 1.54) is 25.3 Å². The summed E-state index contributed by atoms with van der Waals surface area (Å²) < 4.78 is 27.8. The van der Waals surface area contributed by atoms with Gasteiger partial charge in [0.25, 0.3) is 9.84 Å². The van der Waals surface area contributed by atoms with Gasteiger partial charge in [-0.15, -0.1) is 0 Å². The normalized spacial score (nSPS) is 11.1. The quantitative estimate of drug-likeness (QED) is 0.814. The molecule has 6 heteroatoms. The van der Waals surface area contributed by atoms with Gasteiger partial charge in [-0.1, -0.05) is 0 Å². The SMILES string of the molecule is COc1ccc(S(=O)(=O)C(N)=O)c(C)c1. The van der Waals surface area contributed by atoms with Crippen LogP contribution in [0, 0.1) is 6.92 Å². The maximum Gasteiger partial charge on any atom is 0.338 e. The Morgan fingerprint density at radius 1 is 1.40 bits per heavy atom. The monoisotopic (exact) mass is 229 g/mol. The van der Waals surface area contributed by atoms with Crippen LogP contribution in [0.2, 0.25) is 0 Å². The lowest BCUT2D eigenvalue weighted by Crippen LogP contribution is -2.22. The Morgan fingerprint density at radius 2 is 2.00 bits per heavy atom. The zero-order valence-corrected chi connectivity index (χ0v) is 9.17. The van der Waals surface area contributed by atoms with Gasteiger partial charge in [0.1, 0.15) is 5.75 Å². The molecular formula is C9H11NO4S. The predicted octanol–water partition coefficient (Wildman–Crippen LogP) is 0.856. The first-order valence-electron chi connectivity index (χ1n) is 4.08. The zero-order valence-electron chi connectivity index (χ0n) is 8.35. The van der Waals surface area contributed by atoms with Crippen molar-refractivity contribution in [2.45, 2.75) is 11.8 Å². The summed E-state index contributed by atoms with van der Waals surface area (Å²) in [6.45, 7) is 1.57. The lowest BCUT2D eigenvalue weighted by atomic mass is 10.2. The van der Waals surface area contributed by atoms with Crippen LogP contribution in [-0.2, 0) is 9.84 Å². The number of primary amides is 1. The number of sulfone groups is 1. The molecule has 82 valence electrons. The molecule has 1 rings (SSSR count). The molecule has 0 saturated heterocycles. The topological polar surface area (TPSA) is 86.5 Å². The number of methoxy groups -OCH3 is 1. The molecule has 0 bridgehead atoms. The highest BCUT2D eigenvalue weighted by Gasteiger charge is 2.23. The van der Waals surface area contributed by atoms with Crippen LogP contribution in [0.15, 0.2) is 23.1 Å². The van der Waals surface area contributed by atoms with Crippen LogP contribution in [0.1, 0.15) is 5.56 Å². The molecule has 0 radical (unpaired) electrons. The van der Waals surface area contributed by atoms with E-state index in [0.717, 1.165) is 0 Å². The molecule has 2 N–H and O–H groups in total. The Morgan fingerprint density at radius 3 is 2.40 bits per heavy atom. The van der Waals surface area contributed by atoms with E-state index in [4.69, 9.17) is 10.5 Å². The Hall–Kier alpha value is -1.56. The van der Waals surface area contributed by atoms with Gasteiger partial charge in [-0.25, -0.2) is 8.42 Å². The van der Waals surface area contributed by atoms with Crippen molar-refractivity contribution < 1.29 is 17.9 Å². The molecule has 1 amide bonds. The van der Waals surface area contributed by atoms with Crippen LogP contribution in [0.25, 0.3) is 0 Å². The minimum atomic E-state index is -4.05. The van der Waals surface area contributed by atoms with Crippen molar-refractivity contribution in [1.82, 2.24) is 0 Å². The smallest absolute Gasteiger partial charge is 0.338 e. The van der Waals surface area contributed by atoms with Gasteiger partial charge in [-0.3, -0.25) is 4.79 Å². The van der Waals surface area contributed by atoms with E-state index in [1.54, 1.807) is 6.92 Å². The fourth-order valence-corrected chi connectivity index (χ4v) is 2.11. The third-order valence-corrected chi connectivity index (χ3v) is 3.50. The first kappa shape index (κ1) is 11.5. The highest BCUT2D eigenvalue weighted by molar-refractivity contribution is 8.06. The molecule has 0 aliphatic rings. The van der Waals surface area contributed by atoms with E-state index in [9.17, 15) is 13.2 Å². The van der Waals surface area contributed by atoms with E-state index in [2.05, 4.69) is 0 Å². The van der Waals surface area contributed by atoms with Crippen LogP contribution in [-0.4, -0.2) is 20.8 Å². The summed E-state index contributed by atoms with van der Waals surface area (Å²) in [6.07, 6.45) is 0. The summed E-state index contributed by atoms with van der Waals surface area (Å²) in [5, 5.41) is -1.35. The molecule has 5 nitrogen and oxygen atoms in total. The number of nitrogens with two attached hydrogens (primary N) is 1. The minimum Gasteiger partial charge on any atom is -0.497 e. The second-order valence-electron chi connectivity index (χ2n) is 2.95. The van der Waals surface area contributed by atoms with Crippen molar-refractivity contribution >= 4 is 15.1 Å². The molecule has 0 aromatic heterocycles.